The molecule has 4 nitrogen and oxygen atoms in total. The third kappa shape index (κ3) is 3.70. The molecular formula is C22H23N3O. The second-order valence-corrected chi connectivity index (χ2v) is 6.69. The molecule has 1 saturated heterocycles. The number of hydrogen-bond donors (Lipinski definition) is 1. The summed E-state index contributed by atoms with van der Waals surface area (Å²) in [5.74, 6) is 0.126. The van der Waals surface area contributed by atoms with Crippen LogP contribution >= 0.6 is 0 Å². The largest absolute Gasteiger partial charge is 0.361 e. The van der Waals surface area contributed by atoms with E-state index in [2.05, 4.69) is 46.3 Å². The van der Waals surface area contributed by atoms with Gasteiger partial charge in [-0.05, 0) is 29.1 Å². The number of aromatic nitrogens is 1. The van der Waals surface area contributed by atoms with Gasteiger partial charge in [0.15, 0.2) is 0 Å². The van der Waals surface area contributed by atoms with Gasteiger partial charge in [-0.25, -0.2) is 0 Å². The average molecular weight is 345 g/mol. The van der Waals surface area contributed by atoms with Crippen molar-refractivity contribution in [2.75, 3.05) is 32.7 Å². The molecule has 1 aliphatic heterocycles. The van der Waals surface area contributed by atoms with Crippen molar-refractivity contribution in [3.8, 4) is 0 Å². The molecule has 0 aliphatic carbocycles. The van der Waals surface area contributed by atoms with Crippen molar-refractivity contribution >= 4 is 22.9 Å². The molecule has 26 heavy (non-hydrogen) atoms. The highest BCUT2D eigenvalue weighted by atomic mass is 16.2. The maximum Gasteiger partial charge on any atom is 0.254 e. The van der Waals surface area contributed by atoms with E-state index < -0.39 is 0 Å². The fourth-order valence-corrected chi connectivity index (χ4v) is 3.40. The SMILES string of the molecule is O=C(c1ccc2cc[nH]c2c1)N1CCN(C/C=C\c2ccccc2)CC1. The Hall–Kier alpha value is -2.85. The lowest BCUT2D eigenvalue weighted by molar-refractivity contribution is 0.0650. The van der Waals surface area contributed by atoms with E-state index in [-0.39, 0.29) is 5.91 Å². The molecule has 1 fully saturated rings. The van der Waals surface area contributed by atoms with Gasteiger partial charge in [-0.3, -0.25) is 9.69 Å². The molecule has 2 heterocycles. The molecule has 3 aromatic rings. The van der Waals surface area contributed by atoms with Crippen molar-refractivity contribution in [2.24, 2.45) is 0 Å². The zero-order valence-corrected chi connectivity index (χ0v) is 14.8. The van der Waals surface area contributed by atoms with Crippen LogP contribution in [0.4, 0.5) is 0 Å². The van der Waals surface area contributed by atoms with Crippen molar-refractivity contribution in [2.45, 2.75) is 0 Å². The van der Waals surface area contributed by atoms with Crippen LogP contribution in [0.25, 0.3) is 17.0 Å². The maximum absolute atomic E-state index is 12.8. The second-order valence-electron chi connectivity index (χ2n) is 6.69. The predicted octanol–water partition coefficient (Wildman–Crippen LogP) is 3.64. The average Bonchev–Trinajstić information content (AvgIpc) is 3.17. The number of hydrogen-bond acceptors (Lipinski definition) is 2. The number of H-pyrrole nitrogens is 1. The van der Waals surface area contributed by atoms with Gasteiger partial charge in [0.05, 0.1) is 0 Å². The molecule has 4 heteroatoms. The fraction of sp³-hybridized carbons (Fsp3) is 0.227. The number of nitrogens with one attached hydrogen (secondary N) is 1. The Morgan fingerprint density at radius 1 is 1.00 bits per heavy atom. The molecule has 0 spiro atoms. The molecule has 132 valence electrons. The third-order valence-electron chi connectivity index (χ3n) is 4.93. The molecule has 1 N–H and O–H groups in total. The Kier molecular flexibility index (Phi) is 4.84. The van der Waals surface area contributed by atoms with Crippen LogP contribution in [0.1, 0.15) is 15.9 Å². The first-order valence-electron chi connectivity index (χ1n) is 9.10. The van der Waals surface area contributed by atoms with Crippen LogP contribution in [0.5, 0.6) is 0 Å². The lowest BCUT2D eigenvalue weighted by Gasteiger charge is -2.34. The first-order valence-corrected chi connectivity index (χ1v) is 9.10. The Labute approximate surface area is 153 Å². The molecule has 2 aromatic carbocycles. The molecule has 0 radical (unpaired) electrons. The van der Waals surface area contributed by atoms with Gasteiger partial charge in [0, 0.05) is 50.0 Å². The molecule has 1 amide bonds. The minimum absolute atomic E-state index is 0.126. The second kappa shape index (κ2) is 7.58. The number of fused-ring (bicyclic) bond motifs is 1. The first kappa shape index (κ1) is 16.6. The summed E-state index contributed by atoms with van der Waals surface area (Å²) in [6.45, 7) is 4.30. The van der Waals surface area contributed by atoms with Gasteiger partial charge in [-0.15, -0.1) is 0 Å². The van der Waals surface area contributed by atoms with E-state index in [9.17, 15) is 4.79 Å². The minimum atomic E-state index is 0.126. The van der Waals surface area contributed by atoms with Crippen LogP contribution in [0.2, 0.25) is 0 Å². The number of carbonyl (C=O) groups is 1. The summed E-state index contributed by atoms with van der Waals surface area (Å²) in [7, 11) is 0. The molecule has 1 aliphatic rings. The topological polar surface area (TPSA) is 39.3 Å². The van der Waals surface area contributed by atoms with E-state index in [1.54, 1.807) is 0 Å². The highest BCUT2D eigenvalue weighted by Crippen LogP contribution is 2.16. The van der Waals surface area contributed by atoms with Crippen molar-refractivity contribution in [1.82, 2.24) is 14.8 Å². The van der Waals surface area contributed by atoms with E-state index >= 15 is 0 Å². The van der Waals surface area contributed by atoms with Crippen molar-refractivity contribution in [1.29, 1.82) is 0 Å². The summed E-state index contributed by atoms with van der Waals surface area (Å²) in [6, 6.07) is 18.2. The zero-order valence-electron chi connectivity index (χ0n) is 14.8. The third-order valence-corrected chi connectivity index (χ3v) is 4.93. The number of amides is 1. The van der Waals surface area contributed by atoms with E-state index in [1.165, 1.54) is 5.56 Å². The Balaban J connectivity index is 1.31. The maximum atomic E-state index is 12.8. The molecule has 0 unspecified atom stereocenters. The van der Waals surface area contributed by atoms with E-state index in [1.807, 2.05) is 41.4 Å². The van der Waals surface area contributed by atoms with E-state index in [4.69, 9.17) is 0 Å². The number of nitrogens with zero attached hydrogens (tertiary/aromatic N) is 2. The minimum Gasteiger partial charge on any atom is -0.361 e. The molecule has 0 saturated carbocycles. The zero-order chi connectivity index (χ0) is 17.8. The Morgan fingerprint density at radius 3 is 2.62 bits per heavy atom. The van der Waals surface area contributed by atoms with Gasteiger partial charge in [0.25, 0.3) is 5.91 Å². The summed E-state index contributed by atoms with van der Waals surface area (Å²) in [4.78, 5) is 20.3. The number of benzene rings is 2. The summed E-state index contributed by atoms with van der Waals surface area (Å²) in [5, 5.41) is 1.14. The standard InChI is InChI=1S/C22H23N3O/c26-22(20-9-8-19-10-11-23-21(19)17-20)25-15-13-24(14-16-25)12-4-7-18-5-2-1-3-6-18/h1-11,17,23H,12-16H2/b7-4-. The van der Waals surface area contributed by atoms with Crippen LogP contribution in [0.3, 0.4) is 0 Å². The van der Waals surface area contributed by atoms with Gasteiger partial charge < -0.3 is 9.88 Å². The smallest absolute Gasteiger partial charge is 0.254 e. The van der Waals surface area contributed by atoms with Crippen LogP contribution in [0.15, 0.2) is 66.9 Å². The lowest BCUT2D eigenvalue weighted by Crippen LogP contribution is -2.48. The van der Waals surface area contributed by atoms with Crippen molar-refractivity contribution < 1.29 is 4.79 Å². The van der Waals surface area contributed by atoms with Crippen molar-refractivity contribution in [3.05, 3.63) is 78.0 Å². The Morgan fingerprint density at radius 2 is 1.81 bits per heavy atom. The quantitative estimate of drug-likeness (QED) is 0.784. The summed E-state index contributed by atoms with van der Waals surface area (Å²) in [6.07, 6.45) is 6.26. The number of aromatic amines is 1. The molecule has 0 bridgehead atoms. The van der Waals surface area contributed by atoms with Gasteiger partial charge in [0.1, 0.15) is 0 Å². The molecular weight excluding hydrogens is 322 g/mol. The molecule has 1 aromatic heterocycles. The number of rotatable bonds is 4. The van der Waals surface area contributed by atoms with Gasteiger partial charge in [0.2, 0.25) is 0 Å². The highest BCUT2D eigenvalue weighted by Gasteiger charge is 2.21. The predicted molar refractivity (Wildman–Crippen MR) is 106 cm³/mol. The normalized spacial score (nSPS) is 15.8. The van der Waals surface area contributed by atoms with Gasteiger partial charge >= 0.3 is 0 Å². The fourth-order valence-electron chi connectivity index (χ4n) is 3.40. The van der Waals surface area contributed by atoms with E-state index in [0.29, 0.717) is 0 Å². The summed E-state index contributed by atoms with van der Waals surface area (Å²) < 4.78 is 0. The first-order chi connectivity index (χ1) is 12.8. The van der Waals surface area contributed by atoms with E-state index in [0.717, 1.165) is 49.2 Å². The highest BCUT2D eigenvalue weighted by molar-refractivity contribution is 5.98. The van der Waals surface area contributed by atoms with Crippen LogP contribution in [0, 0.1) is 0 Å². The van der Waals surface area contributed by atoms with Gasteiger partial charge in [-0.1, -0.05) is 48.6 Å². The Bertz CT molecular complexity index is 905. The lowest BCUT2D eigenvalue weighted by atomic mass is 10.1. The molecule has 4 rings (SSSR count). The van der Waals surface area contributed by atoms with Gasteiger partial charge in [-0.2, -0.15) is 0 Å². The summed E-state index contributed by atoms with van der Waals surface area (Å²) in [5.41, 5.74) is 3.00. The van der Waals surface area contributed by atoms with Crippen LogP contribution < -0.4 is 0 Å². The van der Waals surface area contributed by atoms with Crippen molar-refractivity contribution in [3.63, 3.8) is 0 Å². The molecule has 0 atom stereocenters. The number of carbonyl (C=O) groups excluding carboxylic acids is 1. The van der Waals surface area contributed by atoms with Crippen LogP contribution in [-0.4, -0.2) is 53.4 Å². The number of piperazine rings is 1. The monoisotopic (exact) mass is 345 g/mol. The summed E-state index contributed by atoms with van der Waals surface area (Å²) >= 11 is 0. The van der Waals surface area contributed by atoms with Crippen LogP contribution in [-0.2, 0) is 0 Å².